The van der Waals surface area contributed by atoms with Crippen LogP contribution in [0.25, 0.3) is 0 Å². The Bertz CT molecular complexity index is 1490. The molecule has 0 N–H and O–H groups in total. The molecule has 5 nitrogen and oxygen atoms in total. The number of hydrogen-bond donors (Lipinski definition) is 0. The fourth-order valence-electron chi connectivity index (χ4n) is 6.68. The van der Waals surface area contributed by atoms with E-state index in [2.05, 4.69) is 27.7 Å². The van der Waals surface area contributed by atoms with Crippen LogP contribution in [0.5, 0.6) is 0 Å². The third kappa shape index (κ3) is 5.67. The van der Waals surface area contributed by atoms with Gasteiger partial charge in [0, 0.05) is 24.2 Å². The fourth-order valence-corrected chi connectivity index (χ4v) is 8.96. The van der Waals surface area contributed by atoms with Crippen LogP contribution in [0.2, 0.25) is 5.02 Å². The molecule has 1 saturated heterocycles. The Morgan fingerprint density at radius 2 is 1.63 bits per heavy atom. The Morgan fingerprint density at radius 1 is 1.00 bits per heavy atom. The van der Waals surface area contributed by atoms with Crippen LogP contribution in [0.1, 0.15) is 73.9 Å². The van der Waals surface area contributed by atoms with Crippen molar-refractivity contribution in [3.05, 3.63) is 81.9 Å². The summed E-state index contributed by atoms with van der Waals surface area (Å²) in [4.78, 5) is 2.22. The maximum Gasteiger partial charge on any atom is 0.416 e. The predicted octanol–water partition coefficient (Wildman–Crippen LogP) is 7.51. The minimum Gasteiger partial charge on any atom is -0.300 e. The van der Waals surface area contributed by atoms with Gasteiger partial charge in [0.25, 0.3) is 0 Å². The van der Waals surface area contributed by atoms with Gasteiger partial charge >= 0.3 is 6.18 Å². The van der Waals surface area contributed by atoms with E-state index >= 15 is 0 Å². The van der Waals surface area contributed by atoms with Gasteiger partial charge in [0.15, 0.2) is 9.84 Å². The molecule has 3 aromatic rings. The van der Waals surface area contributed by atoms with Crippen LogP contribution in [-0.2, 0) is 27.3 Å². The van der Waals surface area contributed by atoms with Crippen LogP contribution in [0.3, 0.4) is 0 Å². The summed E-state index contributed by atoms with van der Waals surface area (Å²) in [5.41, 5.74) is 1.63. The van der Waals surface area contributed by atoms with Crippen LogP contribution >= 0.6 is 11.6 Å². The van der Waals surface area contributed by atoms with Gasteiger partial charge in [-0.25, -0.2) is 12.8 Å². The quantitative estimate of drug-likeness (QED) is 0.271. The molecule has 2 heterocycles. The zero-order chi connectivity index (χ0) is 29.6. The first-order chi connectivity index (χ1) is 19.4. The number of benzene rings is 2. The second kappa shape index (κ2) is 11.3. The van der Waals surface area contributed by atoms with Crippen molar-refractivity contribution in [2.45, 2.75) is 86.7 Å². The molecule has 2 fully saturated rings. The van der Waals surface area contributed by atoms with Crippen LogP contribution in [0, 0.1) is 12.7 Å². The first-order valence-corrected chi connectivity index (χ1v) is 15.9. The maximum atomic E-state index is 14.6. The van der Waals surface area contributed by atoms with Crippen molar-refractivity contribution in [3.63, 3.8) is 0 Å². The summed E-state index contributed by atoms with van der Waals surface area (Å²) < 4.78 is 83.0. The van der Waals surface area contributed by atoms with Crippen LogP contribution < -0.4 is 0 Å². The van der Waals surface area contributed by atoms with Crippen molar-refractivity contribution < 1.29 is 26.0 Å². The number of sulfone groups is 1. The molecule has 222 valence electrons. The number of hydrogen-bond acceptors (Lipinski definition) is 4. The van der Waals surface area contributed by atoms with E-state index in [9.17, 15) is 26.0 Å². The van der Waals surface area contributed by atoms with Crippen molar-refractivity contribution in [2.24, 2.45) is 0 Å². The zero-order valence-electron chi connectivity index (χ0n) is 23.1. The first-order valence-electron chi connectivity index (χ1n) is 14.0. The highest BCUT2D eigenvalue weighted by atomic mass is 35.5. The minimum absolute atomic E-state index is 0.119. The van der Waals surface area contributed by atoms with Crippen LogP contribution in [0.15, 0.2) is 53.4 Å². The number of nitrogens with zero attached hydrogens (tertiary/aromatic N) is 3. The summed E-state index contributed by atoms with van der Waals surface area (Å²) in [6.45, 7) is 6.69. The molecule has 1 aliphatic carbocycles. The first kappa shape index (κ1) is 30.0. The molecule has 0 radical (unpaired) electrons. The Morgan fingerprint density at radius 3 is 2.20 bits per heavy atom. The lowest BCUT2D eigenvalue weighted by molar-refractivity contribution is -0.137. The lowest BCUT2D eigenvalue weighted by Gasteiger charge is -2.45. The second-order valence-corrected chi connectivity index (χ2v) is 13.9. The van der Waals surface area contributed by atoms with Gasteiger partial charge < -0.3 is 4.90 Å². The largest absolute Gasteiger partial charge is 0.416 e. The summed E-state index contributed by atoms with van der Waals surface area (Å²) in [7, 11) is -4.18. The highest BCUT2D eigenvalue weighted by Gasteiger charge is 2.49. The highest BCUT2D eigenvalue weighted by Crippen LogP contribution is 2.49. The number of aromatic nitrogens is 2. The number of halogens is 5. The Balaban J connectivity index is 1.38. The van der Waals surface area contributed by atoms with Crippen molar-refractivity contribution in [2.75, 3.05) is 13.1 Å². The fraction of sp³-hybridized carbons (Fsp3) is 0.500. The SMILES string of the molecule is CCn1nc(C)cc1C1CCN(C2CCC(c3ccc(Cl)c(F)c3)(S(=O)(=O)c3ccc(C(F)(F)F)cc3)CC2)CC1. The monoisotopic (exact) mass is 611 g/mol. The molecule has 5 rings (SSSR count). The normalized spacial score (nSPS) is 23.1. The molecule has 1 aromatic heterocycles. The van der Waals surface area contributed by atoms with Gasteiger partial charge in [-0.3, -0.25) is 4.68 Å². The van der Waals surface area contributed by atoms with Gasteiger partial charge in [-0.05, 0) is 113 Å². The number of piperidine rings is 1. The van der Waals surface area contributed by atoms with E-state index in [0.717, 1.165) is 68.5 Å². The minimum atomic E-state index is -4.58. The molecule has 11 heteroatoms. The van der Waals surface area contributed by atoms with E-state index < -0.39 is 32.1 Å². The number of aryl methyl sites for hydroxylation is 2. The summed E-state index contributed by atoms with van der Waals surface area (Å²) in [6.07, 6.45) is -1.02. The zero-order valence-corrected chi connectivity index (χ0v) is 24.7. The van der Waals surface area contributed by atoms with E-state index in [0.29, 0.717) is 18.8 Å². The lowest BCUT2D eigenvalue weighted by Crippen LogP contribution is -2.48. The summed E-state index contributed by atoms with van der Waals surface area (Å²) in [5.74, 6) is -0.302. The number of alkyl halides is 3. The van der Waals surface area contributed by atoms with Gasteiger partial charge in [0.05, 0.1) is 21.2 Å². The Hall–Kier alpha value is -2.43. The van der Waals surface area contributed by atoms with Crippen LogP contribution in [-0.4, -0.2) is 42.2 Å². The van der Waals surface area contributed by atoms with E-state index in [1.165, 1.54) is 17.8 Å². The van der Waals surface area contributed by atoms with Gasteiger partial charge in [-0.1, -0.05) is 17.7 Å². The highest BCUT2D eigenvalue weighted by molar-refractivity contribution is 7.92. The number of likely N-dealkylation sites (tertiary alicyclic amines) is 1. The smallest absolute Gasteiger partial charge is 0.300 e. The van der Waals surface area contributed by atoms with E-state index in [1.54, 1.807) is 0 Å². The molecule has 41 heavy (non-hydrogen) atoms. The summed E-state index contributed by atoms with van der Waals surface area (Å²) >= 11 is 5.91. The molecule has 0 spiro atoms. The van der Waals surface area contributed by atoms with Crippen LogP contribution in [0.4, 0.5) is 17.6 Å². The lowest BCUT2D eigenvalue weighted by atomic mass is 9.79. The average molecular weight is 612 g/mol. The second-order valence-electron chi connectivity index (χ2n) is 11.2. The maximum absolute atomic E-state index is 14.6. The van der Waals surface area contributed by atoms with E-state index in [-0.39, 0.29) is 34.4 Å². The summed E-state index contributed by atoms with van der Waals surface area (Å²) in [6, 6.07) is 9.94. The van der Waals surface area contributed by atoms with Crippen molar-refractivity contribution in [1.29, 1.82) is 0 Å². The van der Waals surface area contributed by atoms with Crippen molar-refractivity contribution in [3.8, 4) is 0 Å². The number of rotatable bonds is 6. The summed E-state index contributed by atoms with van der Waals surface area (Å²) in [5, 5.41) is 4.47. The standard InChI is InChI=1S/C30H34ClF4N3O2S/c1-3-38-28(18-20(2)36-38)21-12-16-37(17-13-21)24-10-14-29(15-11-24,23-6-9-26(31)27(32)19-23)41(39,40)25-7-4-22(5-8-25)30(33,34)35/h4-9,18-19,21,24H,3,10-17H2,1-2H3. The third-order valence-electron chi connectivity index (χ3n) is 8.91. The molecular weight excluding hydrogens is 578 g/mol. The predicted molar refractivity (Wildman–Crippen MR) is 150 cm³/mol. The van der Waals surface area contributed by atoms with Gasteiger partial charge in [0.1, 0.15) is 10.6 Å². The molecule has 2 aliphatic rings. The molecule has 0 amide bonds. The molecule has 2 aromatic carbocycles. The molecule has 1 saturated carbocycles. The third-order valence-corrected chi connectivity index (χ3v) is 11.8. The molecule has 0 bridgehead atoms. The molecule has 1 aliphatic heterocycles. The van der Waals surface area contributed by atoms with Gasteiger partial charge in [-0.15, -0.1) is 0 Å². The molecular formula is C30H34ClF4N3O2S. The van der Waals surface area contributed by atoms with Gasteiger partial charge in [-0.2, -0.15) is 18.3 Å². The van der Waals surface area contributed by atoms with Gasteiger partial charge in [0.2, 0.25) is 0 Å². The average Bonchev–Trinajstić information content (AvgIpc) is 3.35. The van der Waals surface area contributed by atoms with E-state index in [4.69, 9.17) is 11.6 Å². The Kier molecular flexibility index (Phi) is 8.31. The topological polar surface area (TPSA) is 55.2 Å². The van der Waals surface area contributed by atoms with E-state index in [1.807, 2.05) is 6.92 Å². The van der Waals surface area contributed by atoms with Crippen molar-refractivity contribution in [1.82, 2.24) is 14.7 Å². The molecule has 0 atom stereocenters. The molecule has 0 unspecified atom stereocenters. The Labute approximate surface area is 243 Å². The van der Waals surface area contributed by atoms with Crippen molar-refractivity contribution >= 4 is 21.4 Å².